The van der Waals surface area contributed by atoms with E-state index in [1.165, 1.54) is 11.3 Å². The zero-order valence-corrected chi connectivity index (χ0v) is 14.4. The van der Waals surface area contributed by atoms with Gasteiger partial charge in [-0.2, -0.15) is 0 Å². The van der Waals surface area contributed by atoms with E-state index in [0.717, 1.165) is 36.5 Å². The van der Waals surface area contributed by atoms with E-state index in [1.54, 1.807) is 6.07 Å². The Morgan fingerprint density at radius 2 is 2.19 bits per heavy atom. The number of likely N-dealkylation sites (N-methyl/N-ethyl adjacent to an activating group) is 2. The van der Waals surface area contributed by atoms with Gasteiger partial charge in [0.05, 0.1) is 0 Å². The van der Waals surface area contributed by atoms with Crippen LogP contribution in [0.1, 0.15) is 29.8 Å². The predicted molar refractivity (Wildman–Crippen MR) is 86.0 cm³/mol. The molecule has 0 saturated carbocycles. The number of rotatable bonds is 9. The highest BCUT2D eigenvalue weighted by Gasteiger charge is 2.21. The molecule has 21 heavy (non-hydrogen) atoms. The fourth-order valence-corrected chi connectivity index (χ4v) is 4.15. The number of nitrogens with two attached hydrogens (primary N) is 1. The second-order valence-electron chi connectivity index (χ2n) is 5.07. The van der Waals surface area contributed by atoms with Crippen LogP contribution in [0, 0.1) is 6.92 Å². The average Bonchev–Trinajstić information content (AvgIpc) is 2.78. The summed E-state index contributed by atoms with van der Waals surface area (Å²) < 4.78 is 23.1. The monoisotopic (exact) mass is 335 g/mol. The van der Waals surface area contributed by atoms with Crippen LogP contribution >= 0.6 is 11.3 Å². The number of sulfonamides is 1. The van der Waals surface area contributed by atoms with E-state index in [2.05, 4.69) is 10.2 Å². The first-order valence-corrected chi connectivity index (χ1v) is 9.31. The number of aliphatic hydroxyl groups is 1. The number of nitrogens with zero attached hydrogens (tertiary/aromatic N) is 1. The van der Waals surface area contributed by atoms with Crippen molar-refractivity contribution in [1.82, 2.24) is 10.2 Å². The smallest absolute Gasteiger partial charge is 0.247 e. The van der Waals surface area contributed by atoms with Crippen LogP contribution in [0.4, 0.5) is 0 Å². The molecule has 8 heteroatoms. The molecule has 4 N–H and O–H groups in total. The second-order valence-corrected chi connectivity index (χ2v) is 8.12. The van der Waals surface area contributed by atoms with E-state index in [0.29, 0.717) is 0 Å². The molecule has 1 heterocycles. The Bertz CT molecular complexity index is 543. The van der Waals surface area contributed by atoms with Crippen molar-refractivity contribution >= 4 is 21.4 Å². The van der Waals surface area contributed by atoms with Gasteiger partial charge < -0.3 is 15.3 Å². The molecule has 0 aliphatic rings. The van der Waals surface area contributed by atoms with Gasteiger partial charge in [-0.1, -0.05) is 6.92 Å². The molecule has 122 valence electrons. The van der Waals surface area contributed by atoms with Gasteiger partial charge in [-0.25, -0.2) is 13.6 Å². The zero-order valence-electron chi connectivity index (χ0n) is 12.8. The molecule has 0 saturated heterocycles. The molecule has 1 aromatic heterocycles. The third kappa shape index (κ3) is 5.65. The molecule has 1 aromatic rings. The topological polar surface area (TPSA) is 95.7 Å². The Labute approximate surface area is 131 Å². The van der Waals surface area contributed by atoms with Crippen molar-refractivity contribution in [3.05, 3.63) is 16.5 Å². The lowest BCUT2D eigenvalue weighted by atomic mass is 10.1. The van der Waals surface area contributed by atoms with Gasteiger partial charge in [0.15, 0.2) is 0 Å². The zero-order chi connectivity index (χ0) is 16.0. The Morgan fingerprint density at radius 3 is 2.67 bits per heavy atom. The Kier molecular flexibility index (Phi) is 7.25. The molecular formula is C13H25N3O3S2. The molecule has 6 nitrogen and oxygen atoms in total. The fourth-order valence-electron chi connectivity index (χ4n) is 2.22. The highest BCUT2D eigenvalue weighted by Crippen LogP contribution is 2.29. The minimum Gasteiger partial charge on any atom is -0.396 e. The quantitative estimate of drug-likeness (QED) is 0.616. The van der Waals surface area contributed by atoms with Gasteiger partial charge in [0, 0.05) is 30.6 Å². The van der Waals surface area contributed by atoms with Crippen molar-refractivity contribution in [2.75, 3.05) is 33.3 Å². The molecule has 0 aromatic carbocycles. The van der Waals surface area contributed by atoms with Gasteiger partial charge in [-0.15, -0.1) is 11.3 Å². The molecular weight excluding hydrogens is 310 g/mol. The molecule has 0 amide bonds. The fraction of sp³-hybridized carbons (Fsp3) is 0.692. The maximum atomic E-state index is 11.5. The van der Waals surface area contributed by atoms with E-state index < -0.39 is 10.0 Å². The van der Waals surface area contributed by atoms with Crippen molar-refractivity contribution in [3.63, 3.8) is 0 Å². The number of aliphatic hydroxyl groups excluding tert-OH is 1. The highest BCUT2D eigenvalue weighted by molar-refractivity contribution is 7.91. The lowest BCUT2D eigenvalue weighted by molar-refractivity contribution is 0.235. The van der Waals surface area contributed by atoms with E-state index in [1.807, 2.05) is 20.9 Å². The Balaban J connectivity index is 2.92. The third-order valence-electron chi connectivity index (χ3n) is 3.23. The molecule has 0 fully saturated rings. The van der Waals surface area contributed by atoms with Crippen LogP contribution < -0.4 is 10.5 Å². The summed E-state index contributed by atoms with van der Waals surface area (Å²) in [6.45, 7) is 6.43. The van der Waals surface area contributed by atoms with Crippen LogP contribution in [0.15, 0.2) is 10.3 Å². The molecule has 0 spiro atoms. The molecule has 1 unspecified atom stereocenters. The van der Waals surface area contributed by atoms with Gasteiger partial charge >= 0.3 is 0 Å². The van der Waals surface area contributed by atoms with E-state index in [9.17, 15) is 8.42 Å². The first kappa shape index (κ1) is 18.5. The molecule has 0 bridgehead atoms. The summed E-state index contributed by atoms with van der Waals surface area (Å²) in [6, 6.07) is 1.72. The minimum atomic E-state index is -3.65. The van der Waals surface area contributed by atoms with E-state index >= 15 is 0 Å². The first-order chi connectivity index (χ1) is 9.79. The average molecular weight is 335 g/mol. The van der Waals surface area contributed by atoms with Crippen LogP contribution in [-0.2, 0) is 10.0 Å². The second kappa shape index (κ2) is 8.21. The summed E-state index contributed by atoms with van der Waals surface area (Å²) in [5.41, 5.74) is 0.974. The van der Waals surface area contributed by atoms with Gasteiger partial charge in [0.25, 0.3) is 0 Å². The van der Waals surface area contributed by atoms with Gasteiger partial charge in [0.2, 0.25) is 10.0 Å². The maximum Gasteiger partial charge on any atom is 0.247 e. The lowest BCUT2D eigenvalue weighted by Gasteiger charge is -2.24. The molecule has 0 radical (unpaired) electrons. The van der Waals surface area contributed by atoms with Crippen LogP contribution in [0.25, 0.3) is 0 Å². The van der Waals surface area contributed by atoms with Crippen molar-refractivity contribution in [1.29, 1.82) is 0 Å². The summed E-state index contributed by atoms with van der Waals surface area (Å²) in [7, 11) is -1.66. The van der Waals surface area contributed by atoms with Gasteiger partial charge in [-0.05, 0) is 38.6 Å². The largest absolute Gasteiger partial charge is 0.396 e. The van der Waals surface area contributed by atoms with Crippen molar-refractivity contribution < 1.29 is 13.5 Å². The van der Waals surface area contributed by atoms with Crippen molar-refractivity contribution in [3.8, 4) is 0 Å². The van der Waals surface area contributed by atoms with Crippen LogP contribution in [-0.4, -0.2) is 51.7 Å². The van der Waals surface area contributed by atoms with Crippen LogP contribution in [0.5, 0.6) is 0 Å². The third-order valence-corrected chi connectivity index (χ3v) is 5.72. The summed E-state index contributed by atoms with van der Waals surface area (Å²) >= 11 is 1.21. The number of primary sulfonamides is 1. The normalized spacial score (nSPS) is 13.8. The Morgan fingerprint density at radius 1 is 1.52 bits per heavy atom. The number of hydrogen-bond acceptors (Lipinski definition) is 6. The summed E-state index contributed by atoms with van der Waals surface area (Å²) in [5, 5.41) is 17.5. The molecule has 0 aliphatic heterocycles. The van der Waals surface area contributed by atoms with Crippen molar-refractivity contribution in [2.45, 2.75) is 30.5 Å². The maximum absolute atomic E-state index is 11.5. The summed E-state index contributed by atoms with van der Waals surface area (Å²) in [6.07, 6.45) is 0.723. The number of aryl methyl sites for hydroxylation is 1. The summed E-state index contributed by atoms with van der Waals surface area (Å²) in [4.78, 5) is 3.08. The SMILES string of the molecule is CCNC(CN(C)CCCO)c1cc(S(N)(=O)=O)sc1C. The number of nitrogens with one attached hydrogen (secondary N) is 1. The Hall–Kier alpha value is -0.510. The lowest BCUT2D eigenvalue weighted by Crippen LogP contribution is -2.34. The number of thiophene rings is 1. The minimum absolute atomic E-state index is 0.0467. The van der Waals surface area contributed by atoms with Crippen LogP contribution in [0.3, 0.4) is 0 Å². The van der Waals surface area contributed by atoms with E-state index in [4.69, 9.17) is 10.2 Å². The molecule has 1 rings (SSSR count). The molecule has 1 atom stereocenters. The number of hydrogen-bond donors (Lipinski definition) is 3. The highest BCUT2D eigenvalue weighted by atomic mass is 32.2. The van der Waals surface area contributed by atoms with Gasteiger partial charge in [-0.3, -0.25) is 0 Å². The standard InChI is InChI=1S/C13H25N3O3S2/c1-4-15-12(9-16(3)6-5-7-17)11-8-13(20-10(11)2)21(14,18)19/h8,12,15,17H,4-7,9H2,1-3H3,(H2,14,18,19). The van der Waals surface area contributed by atoms with E-state index in [-0.39, 0.29) is 16.9 Å². The predicted octanol–water partition coefficient (Wildman–Crippen LogP) is 0.669. The summed E-state index contributed by atoms with van der Waals surface area (Å²) in [5.74, 6) is 0. The molecule has 0 aliphatic carbocycles. The van der Waals surface area contributed by atoms with Crippen molar-refractivity contribution in [2.24, 2.45) is 5.14 Å². The first-order valence-electron chi connectivity index (χ1n) is 6.95. The van der Waals surface area contributed by atoms with Crippen LogP contribution in [0.2, 0.25) is 0 Å². The van der Waals surface area contributed by atoms with Gasteiger partial charge in [0.1, 0.15) is 4.21 Å².